The fourth-order valence-corrected chi connectivity index (χ4v) is 6.52. The number of hydrogen-bond acceptors (Lipinski definition) is 7. The van der Waals surface area contributed by atoms with Crippen molar-refractivity contribution in [3.8, 4) is 18.1 Å². The second-order valence-electron chi connectivity index (χ2n) is 9.06. The molecule has 0 saturated heterocycles. The summed E-state index contributed by atoms with van der Waals surface area (Å²) in [7, 11) is 1.63. The van der Waals surface area contributed by atoms with E-state index in [1.165, 1.54) is 17.8 Å². The highest BCUT2D eigenvalue weighted by atomic mass is 32.2. The van der Waals surface area contributed by atoms with Gasteiger partial charge in [0.25, 0.3) is 0 Å². The molecule has 3 heterocycles. The number of fused-ring (bicyclic) bond motifs is 2. The number of nitrogens with two attached hydrogens (primary N) is 1. The Balaban J connectivity index is 1.52. The molecule has 3 aromatic rings. The normalized spacial score (nSPS) is 25.0. The fourth-order valence-electron chi connectivity index (χ4n) is 5.07. The van der Waals surface area contributed by atoms with Crippen LogP contribution in [-0.4, -0.2) is 40.2 Å². The summed E-state index contributed by atoms with van der Waals surface area (Å²) in [6.45, 7) is 2.43. The van der Waals surface area contributed by atoms with Gasteiger partial charge in [-0.2, -0.15) is 0 Å². The molecule has 0 amide bonds. The summed E-state index contributed by atoms with van der Waals surface area (Å²) in [6.07, 6.45) is 9.50. The van der Waals surface area contributed by atoms with Crippen molar-refractivity contribution in [3.63, 3.8) is 0 Å². The van der Waals surface area contributed by atoms with E-state index in [-0.39, 0.29) is 29.3 Å². The van der Waals surface area contributed by atoms with Gasteiger partial charge in [0.15, 0.2) is 16.8 Å². The lowest BCUT2D eigenvalue weighted by molar-refractivity contribution is 0.184. The molecule has 2 aliphatic rings. The summed E-state index contributed by atoms with van der Waals surface area (Å²) >= 11 is 1.46. The Bertz CT molecular complexity index is 1390. The first kappa shape index (κ1) is 23.5. The van der Waals surface area contributed by atoms with Crippen LogP contribution in [0.5, 0.6) is 5.75 Å². The van der Waals surface area contributed by atoms with Crippen molar-refractivity contribution < 1.29 is 18.3 Å². The first-order valence-electron chi connectivity index (χ1n) is 11.1. The third-order valence-electron chi connectivity index (χ3n) is 6.72. The van der Waals surface area contributed by atoms with Crippen LogP contribution in [0.25, 0.3) is 10.9 Å². The van der Waals surface area contributed by atoms with E-state index in [0.717, 1.165) is 11.8 Å². The third-order valence-corrected chi connectivity index (χ3v) is 7.99. The SMILES string of the molecule is C#CCOc1cnc2c(Cc3cc(F)c(F)c([C@@]4(C)N=C(N)S[C@@]5(COC)C[C@H]54)c3)nccc2c1. The van der Waals surface area contributed by atoms with Gasteiger partial charge in [0.1, 0.15) is 12.4 Å². The summed E-state index contributed by atoms with van der Waals surface area (Å²) in [6, 6.07) is 6.51. The van der Waals surface area contributed by atoms with Crippen molar-refractivity contribution in [2.45, 2.75) is 30.1 Å². The van der Waals surface area contributed by atoms with Gasteiger partial charge in [-0.1, -0.05) is 17.7 Å². The minimum atomic E-state index is -0.998. The van der Waals surface area contributed by atoms with Gasteiger partial charge in [0.05, 0.1) is 34.3 Å². The Morgan fingerprint density at radius 3 is 2.89 bits per heavy atom. The molecular weight excluding hydrogens is 470 g/mol. The molecule has 6 nitrogen and oxygen atoms in total. The van der Waals surface area contributed by atoms with Crippen molar-refractivity contribution in [2.75, 3.05) is 20.3 Å². The minimum absolute atomic E-state index is 0.0184. The number of halogens is 2. The van der Waals surface area contributed by atoms with Gasteiger partial charge in [0.2, 0.25) is 0 Å². The third kappa shape index (κ3) is 4.11. The van der Waals surface area contributed by atoms with Crippen molar-refractivity contribution in [1.29, 1.82) is 0 Å². The van der Waals surface area contributed by atoms with Crippen LogP contribution in [-0.2, 0) is 16.7 Å². The Morgan fingerprint density at radius 2 is 2.11 bits per heavy atom. The van der Waals surface area contributed by atoms with Crippen LogP contribution in [0.2, 0.25) is 0 Å². The molecule has 1 aliphatic carbocycles. The van der Waals surface area contributed by atoms with Crippen LogP contribution in [0.15, 0.2) is 41.7 Å². The van der Waals surface area contributed by atoms with Gasteiger partial charge in [-0.15, -0.1) is 6.42 Å². The molecule has 180 valence electrons. The summed E-state index contributed by atoms with van der Waals surface area (Å²) < 4.78 is 40.7. The van der Waals surface area contributed by atoms with Crippen molar-refractivity contribution >= 4 is 27.8 Å². The number of aliphatic imine (C=N–C) groups is 1. The number of terminal acetylenes is 1. The Labute approximate surface area is 206 Å². The van der Waals surface area contributed by atoms with E-state index in [1.54, 1.807) is 25.6 Å². The second kappa shape index (κ2) is 8.77. The molecule has 1 saturated carbocycles. The monoisotopic (exact) mass is 494 g/mol. The largest absolute Gasteiger partial charge is 0.479 e. The molecule has 5 rings (SSSR count). The molecule has 0 radical (unpaired) electrons. The lowest BCUT2D eigenvalue weighted by Gasteiger charge is -2.34. The van der Waals surface area contributed by atoms with E-state index in [4.69, 9.17) is 21.6 Å². The summed E-state index contributed by atoms with van der Waals surface area (Å²) in [5, 5.41) is 1.16. The number of thioether (sulfide) groups is 1. The molecule has 0 unspecified atom stereocenters. The maximum absolute atomic E-state index is 15.2. The van der Waals surface area contributed by atoms with E-state index in [1.807, 2.05) is 19.1 Å². The van der Waals surface area contributed by atoms with Gasteiger partial charge < -0.3 is 15.2 Å². The Morgan fingerprint density at radius 1 is 1.29 bits per heavy atom. The quantitative estimate of drug-likeness (QED) is 0.496. The van der Waals surface area contributed by atoms with E-state index in [2.05, 4.69) is 20.9 Å². The highest BCUT2D eigenvalue weighted by Crippen LogP contribution is 2.66. The topological polar surface area (TPSA) is 82.6 Å². The number of benzene rings is 1. The standard InChI is InChI=1S/C26H24F2N4O2S/c1-4-7-34-17-11-16-5-6-30-20(23(16)31-13-17)10-15-8-18(22(28)19(27)9-15)25(2)21-12-26(21,14-33-3)35-24(29)32-25/h1,5-6,8-9,11,13,21H,7,10,12,14H2,2-3H3,(H2,29,32)/t21-,25+,26+/m0/s1. The lowest BCUT2D eigenvalue weighted by atomic mass is 9.84. The zero-order chi connectivity index (χ0) is 24.8. The number of nitrogens with zero attached hydrogens (tertiary/aromatic N) is 3. The minimum Gasteiger partial charge on any atom is -0.479 e. The molecule has 2 aromatic heterocycles. The van der Waals surface area contributed by atoms with Gasteiger partial charge >= 0.3 is 0 Å². The molecular formula is C26H24F2N4O2S. The highest BCUT2D eigenvalue weighted by molar-refractivity contribution is 8.15. The summed E-state index contributed by atoms with van der Waals surface area (Å²) in [4.78, 5) is 13.5. The number of hydrogen-bond donors (Lipinski definition) is 1. The molecule has 1 aliphatic heterocycles. The Hall–Kier alpha value is -3.22. The zero-order valence-electron chi connectivity index (χ0n) is 19.3. The van der Waals surface area contributed by atoms with Gasteiger partial charge in [-0.25, -0.2) is 8.78 Å². The molecule has 2 N–H and O–H groups in total. The first-order valence-corrected chi connectivity index (χ1v) is 11.9. The van der Waals surface area contributed by atoms with Crippen LogP contribution < -0.4 is 10.5 Å². The average Bonchev–Trinajstić information content (AvgIpc) is 3.54. The van der Waals surface area contributed by atoms with Crippen molar-refractivity contribution in [2.24, 2.45) is 16.6 Å². The van der Waals surface area contributed by atoms with Gasteiger partial charge in [-0.05, 0) is 43.2 Å². The molecule has 0 bridgehead atoms. The molecule has 9 heteroatoms. The molecule has 1 fully saturated rings. The van der Waals surface area contributed by atoms with Crippen LogP contribution in [0, 0.1) is 29.9 Å². The van der Waals surface area contributed by atoms with Crippen LogP contribution in [0.3, 0.4) is 0 Å². The Kier molecular flexibility index (Phi) is 5.90. The predicted octanol–water partition coefficient (Wildman–Crippen LogP) is 4.19. The van der Waals surface area contributed by atoms with E-state index < -0.39 is 17.2 Å². The second-order valence-corrected chi connectivity index (χ2v) is 10.5. The fraction of sp³-hybridized carbons (Fsp3) is 0.346. The van der Waals surface area contributed by atoms with E-state index in [0.29, 0.717) is 34.3 Å². The van der Waals surface area contributed by atoms with Gasteiger partial charge in [-0.3, -0.25) is 15.0 Å². The average molecular weight is 495 g/mol. The van der Waals surface area contributed by atoms with Crippen LogP contribution >= 0.6 is 11.8 Å². The molecule has 1 aromatic carbocycles. The smallest absolute Gasteiger partial charge is 0.164 e. The lowest BCUT2D eigenvalue weighted by Crippen LogP contribution is -2.38. The van der Waals surface area contributed by atoms with E-state index >= 15 is 4.39 Å². The summed E-state index contributed by atoms with van der Waals surface area (Å²) in [5.41, 5.74) is 7.18. The number of methoxy groups -OCH3 is 1. The van der Waals surface area contributed by atoms with Crippen LogP contribution in [0.1, 0.15) is 30.2 Å². The maximum atomic E-state index is 15.2. The molecule has 35 heavy (non-hydrogen) atoms. The number of rotatable bonds is 7. The van der Waals surface area contributed by atoms with Crippen LogP contribution in [0.4, 0.5) is 8.78 Å². The van der Waals surface area contributed by atoms with Crippen molar-refractivity contribution in [3.05, 3.63) is 65.1 Å². The molecule has 0 spiro atoms. The summed E-state index contributed by atoms with van der Waals surface area (Å²) in [5.74, 6) is 1.11. The number of aromatic nitrogens is 2. The number of pyridine rings is 2. The van der Waals surface area contributed by atoms with E-state index in [9.17, 15) is 4.39 Å². The van der Waals surface area contributed by atoms with Crippen molar-refractivity contribution in [1.82, 2.24) is 9.97 Å². The number of ether oxygens (including phenoxy) is 2. The zero-order valence-corrected chi connectivity index (χ0v) is 20.2. The highest BCUT2D eigenvalue weighted by Gasteiger charge is 2.66. The number of amidine groups is 1. The molecule has 3 atom stereocenters. The van der Waals surface area contributed by atoms with Gasteiger partial charge in [0, 0.05) is 36.6 Å². The first-order chi connectivity index (χ1) is 16.8. The maximum Gasteiger partial charge on any atom is 0.164 e. The predicted molar refractivity (Wildman–Crippen MR) is 132 cm³/mol.